The number of nitrogens with zero attached hydrogens (tertiary/aromatic N) is 1. The molecule has 0 saturated carbocycles. The van der Waals surface area contributed by atoms with E-state index in [0.717, 1.165) is 19.4 Å². The van der Waals surface area contributed by atoms with Crippen molar-refractivity contribution in [1.82, 2.24) is 4.90 Å². The van der Waals surface area contributed by atoms with Gasteiger partial charge in [0.2, 0.25) is 5.91 Å². The first-order valence-electron chi connectivity index (χ1n) is 9.15. The van der Waals surface area contributed by atoms with Gasteiger partial charge in [-0.15, -0.1) is 0 Å². The lowest BCUT2D eigenvalue weighted by molar-refractivity contribution is -0.116. The first kappa shape index (κ1) is 18.1. The fourth-order valence-corrected chi connectivity index (χ4v) is 3.38. The number of nitrogens with one attached hydrogen (secondary N) is 1. The minimum absolute atomic E-state index is 0.0392. The molecule has 2 amide bonds. The van der Waals surface area contributed by atoms with E-state index in [1.807, 2.05) is 23.1 Å². The molecule has 1 unspecified atom stereocenters. The summed E-state index contributed by atoms with van der Waals surface area (Å²) in [5.74, 6) is -0.0180. The molecule has 2 aromatic rings. The monoisotopic (exact) mass is 351 g/mol. The highest BCUT2D eigenvalue weighted by molar-refractivity contribution is 5.96. The Morgan fingerprint density at radius 2 is 1.81 bits per heavy atom. The van der Waals surface area contributed by atoms with Crippen LogP contribution in [0.15, 0.2) is 54.6 Å². The van der Waals surface area contributed by atoms with Gasteiger partial charge in [-0.1, -0.05) is 30.3 Å². The van der Waals surface area contributed by atoms with Crippen molar-refractivity contribution >= 4 is 17.5 Å². The van der Waals surface area contributed by atoms with Gasteiger partial charge < -0.3 is 16.0 Å². The largest absolute Gasteiger partial charge is 0.332 e. The van der Waals surface area contributed by atoms with Crippen LogP contribution in [0.25, 0.3) is 0 Å². The van der Waals surface area contributed by atoms with Crippen molar-refractivity contribution in [3.05, 3.63) is 65.7 Å². The molecule has 1 atom stereocenters. The number of nitrogens with two attached hydrogens (primary N) is 1. The number of hydrogen-bond acceptors (Lipinski definition) is 3. The summed E-state index contributed by atoms with van der Waals surface area (Å²) in [6.07, 6.45) is 3.08. The second kappa shape index (κ2) is 8.63. The molecule has 0 bridgehead atoms. The number of hydrogen-bond donors (Lipinski definition) is 2. The highest BCUT2D eigenvalue weighted by Gasteiger charge is 2.30. The van der Waals surface area contributed by atoms with Gasteiger partial charge in [0.25, 0.3) is 5.91 Å². The molecule has 1 saturated heterocycles. The van der Waals surface area contributed by atoms with Crippen molar-refractivity contribution < 1.29 is 9.59 Å². The van der Waals surface area contributed by atoms with E-state index in [1.54, 1.807) is 24.3 Å². The van der Waals surface area contributed by atoms with Gasteiger partial charge in [-0.05, 0) is 55.6 Å². The van der Waals surface area contributed by atoms with E-state index in [2.05, 4.69) is 17.4 Å². The lowest BCUT2D eigenvalue weighted by Gasteiger charge is -2.25. The molecule has 1 heterocycles. The van der Waals surface area contributed by atoms with Crippen molar-refractivity contribution in [2.24, 2.45) is 5.73 Å². The third kappa shape index (κ3) is 4.29. The van der Waals surface area contributed by atoms with Crippen molar-refractivity contribution in [3.8, 4) is 0 Å². The van der Waals surface area contributed by atoms with E-state index >= 15 is 0 Å². The van der Waals surface area contributed by atoms with Crippen molar-refractivity contribution in [1.29, 1.82) is 0 Å². The molecule has 5 heteroatoms. The summed E-state index contributed by atoms with van der Waals surface area (Å²) in [7, 11) is 0. The number of likely N-dealkylation sites (tertiary alicyclic amines) is 1. The van der Waals surface area contributed by atoms with E-state index in [4.69, 9.17) is 5.73 Å². The third-order valence-electron chi connectivity index (χ3n) is 4.72. The Labute approximate surface area is 154 Å². The molecule has 3 rings (SSSR count). The second-order valence-electron chi connectivity index (χ2n) is 6.59. The number of rotatable bonds is 6. The van der Waals surface area contributed by atoms with E-state index in [9.17, 15) is 9.59 Å². The Morgan fingerprint density at radius 1 is 1.08 bits per heavy atom. The molecule has 0 spiro atoms. The molecule has 0 aromatic heterocycles. The number of carbonyl (C=O) groups excluding carboxylic acids is 2. The van der Waals surface area contributed by atoms with Crippen LogP contribution in [-0.2, 0) is 4.79 Å². The summed E-state index contributed by atoms with van der Waals surface area (Å²) < 4.78 is 0. The minimum Gasteiger partial charge on any atom is -0.332 e. The van der Waals surface area contributed by atoms with Gasteiger partial charge in [0.15, 0.2) is 0 Å². The normalized spacial score (nSPS) is 16.5. The van der Waals surface area contributed by atoms with Gasteiger partial charge in [-0.25, -0.2) is 0 Å². The van der Waals surface area contributed by atoms with Gasteiger partial charge in [0.05, 0.1) is 6.04 Å². The van der Waals surface area contributed by atoms with Gasteiger partial charge >= 0.3 is 0 Å². The van der Waals surface area contributed by atoms with Gasteiger partial charge in [0.1, 0.15) is 0 Å². The molecule has 1 aliphatic heterocycles. The predicted molar refractivity (Wildman–Crippen MR) is 103 cm³/mol. The summed E-state index contributed by atoms with van der Waals surface area (Å²) >= 11 is 0. The van der Waals surface area contributed by atoms with Crippen LogP contribution in [0.1, 0.15) is 47.6 Å². The smallest absolute Gasteiger partial charge is 0.254 e. The van der Waals surface area contributed by atoms with Crippen LogP contribution >= 0.6 is 0 Å². The topological polar surface area (TPSA) is 75.4 Å². The molecular formula is C21H25N3O2. The van der Waals surface area contributed by atoms with Gasteiger partial charge in [-0.3, -0.25) is 9.59 Å². The van der Waals surface area contributed by atoms with Crippen LogP contribution in [0.3, 0.4) is 0 Å². The van der Waals surface area contributed by atoms with Crippen LogP contribution in [0, 0.1) is 0 Å². The van der Waals surface area contributed by atoms with Gasteiger partial charge in [-0.2, -0.15) is 0 Å². The summed E-state index contributed by atoms with van der Waals surface area (Å²) in [4.78, 5) is 26.6. The number of anilines is 1. The SMILES string of the molecule is NCCCC(=O)Nc1ccc(C(=O)N2CCCC2c2ccccc2)cc1. The molecular weight excluding hydrogens is 326 g/mol. The van der Waals surface area contributed by atoms with Crippen LogP contribution in [0.4, 0.5) is 5.69 Å². The number of carbonyl (C=O) groups is 2. The minimum atomic E-state index is -0.0572. The summed E-state index contributed by atoms with van der Waals surface area (Å²) in [6, 6.07) is 17.4. The highest BCUT2D eigenvalue weighted by Crippen LogP contribution is 2.33. The van der Waals surface area contributed by atoms with Crippen LogP contribution < -0.4 is 11.1 Å². The maximum Gasteiger partial charge on any atom is 0.254 e. The van der Waals surface area contributed by atoms with E-state index in [1.165, 1.54) is 5.56 Å². The first-order chi connectivity index (χ1) is 12.7. The quantitative estimate of drug-likeness (QED) is 0.838. The Hall–Kier alpha value is -2.66. The zero-order valence-corrected chi connectivity index (χ0v) is 14.9. The summed E-state index contributed by atoms with van der Waals surface area (Å²) in [5.41, 5.74) is 7.94. The average Bonchev–Trinajstić information content (AvgIpc) is 3.17. The van der Waals surface area contributed by atoms with Crippen LogP contribution in [0.2, 0.25) is 0 Å². The van der Waals surface area contributed by atoms with Crippen LogP contribution in [0.5, 0.6) is 0 Å². The Balaban J connectivity index is 1.67. The Bertz CT molecular complexity index is 744. The zero-order chi connectivity index (χ0) is 18.4. The molecule has 0 aliphatic carbocycles. The molecule has 1 aliphatic rings. The zero-order valence-electron chi connectivity index (χ0n) is 14.9. The number of amides is 2. The molecule has 2 aromatic carbocycles. The Kier molecular flexibility index (Phi) is 6.02. The lowest BCUT2D eigenvalue weighted by Crippen LogP contribution is -2.30. The maximum atomic E-state index is 12.9. The van der Waals surface area contributed by atoms with Gasteiger partial charge in [0, 0.05) is 24.2 Å². The van der Waals surface area contributed by atoms with E-state index in [-0.39, 0.29) is 17.9 Å². The predicted octanol–water partition coefficient (Wildman–Crippen LogP) is 3.34. The third-order valence-corrected chi connectivity index (χ3v) is 4.72. The summed E-state index contributed by atoms with van der Waals surface area (Å²) in [6.45, 7) is 1.27. The van der Waals surface area contributed by atoms with Crippen molar-refractivity contribution in [2.75, 3.05) is 18.4 Å². The molecule has 136 valence electrons. The van der Waals surface area contributed by atoms with Crippen molar-refractivity contribution in [2.45, 2.75) is 31.7 Å². The number of benzene rings is 2. The standard InChI is InChI=1S/C21H25N3O2/c22-14-4-9-20(25)23-18-12-10-17(11-13-18)21(26)24-15-5-8-19(24)16-6-2-1-3-7-16/h1-3,6-7,10-13,19H,4-5,8-9,14-15,22H2,(H,23,25). The van der Waals surface area contributed by atoms with E-state index in [0.29, 0.717) is 30.6 Å². The lowest BCUT2D eigenvalue weighted by atomic mass is 10.0. The molecule has 26 heavy (non-hydrogen) atoms. The fraction of sp³-hybridized carbons (Fsp3) is 0.333. The van der Waals surface area contributed by atoms with Crippen LogP contribution in [-0.4, -0.2) is 29.8 Å². The van der Waals surface area contributed by atoms with Crippen molar-refractivity contribution in [3.63, 3.8) is 0 Å². The Morgan fingerprint density at radius 3 is 2.50 bits per heavy atom. The first-order valence-corrected chi connectivity index (χ1v) is 9.15. The molecule has 3 N–H and O–H groups in total. The van der Waals surface area contributed by atoms with E-state index < -0.39 is 0 Å². The molecule has 0 radical (unpaired) electrons. The average molecular weight is 351 g/mol. The molecule has 1 fully saturated rings. The maximum absolute atomic E-state index is 12.9. The summed E-state index contributed by atoms with van der Waals surface area (Å²) in [5, 5.41) is 2.83. The highest BCUT2D eigenvalue weighted by atomic mass is 16.2. The fourth-order valence-electron chi connectivity index (χ4n) is 3.38. The molecule has 5 nitrogen and oxygen atoms in total. The second-order valence-corrected chi connectivity index (χ2v) is 6.59.